The lowest BCUT2D eigenvalue weighted by atomic mass is 10.1. The second-order valence-corrected chi connectivity index (χ2v) is 8.41. The van der Waals surface area contributed by atoms with E-state index in [-0.39, 0.29) is 11.5 Å². The van der Waals surface area contributed by atoms with Crippen LogP contribution in [0.15, 0.2) is 38.7 Å². The van der Waals surface area contributed by atoms with Crippen LogP contribution in [0.25, 0.3) is 0 Å². The molecule has 7 heteroatoms. The summed E-state index contributed by atoms with van der Waals surface area (Å²) in [6.45, 7) is 4.64. The number of carbonyl (C=O) groups is 1. The zero-order valence-corrected chi connectivity index (χ0v) is 18.5. The molecule has 1 heterocycles. The summed E-state index contributed by atoms with van der Waals surface area (Å²) >= 11 is 4.95. The van der Waals surface area contributed by atoms with Gasteiger partial charge in [-0.25, -0.2) is 4.98 Å². The van der Waals surface area contributed by atoms with E-state index in [2.05, 4.69) is 26.2 Å². The normalized spacial score (nSPS) is 10.8. The zero-order valence-electron chi connectivity index (χ0n) is 16.0. The van der Waals surface area contributed by atoms with Crippen LogP contribution < -0.4 is 10.9 Å². The van der Waals surface area contributed by atoms with E-state index in [9.17, 15) is 9.59 Å². The molecular weight excluding hydrogens is 426 g/mol. The van der Waals surface area contributed by atoms with Gasteiger partial charge in [0.15, 0.2) is 5.16 Å². The van der Waals surface area contributed by atoms with Crippen LogP contribution in [0, 0.1) is 6.92 Å². The molecule has 1 amide bonds. The maximum absolute atomic E-state index is 12.8. The molecule has 0 aliphatic rings. The number of nitrogens with zero attached hydrogens (tertiary/aromatic N) is 2. The van der Waals surface area contributed by atoms with Crippen molar-refractivity contribution in [2.24, 2.45) is 7.05 Å². The molecule has 2 aromatic rings. The number of nitrogens with one attached hydrogen (secondary N) is 1. The molecule has 1 aromatic carbocycles. The highest BCUT2D eigenvalue weighted by atomic mass is 79.9. The summed E-state index contributed by atoms with van der Waals surface area (Å²) in [5.41, 5.74) is 2.57. The lowest BCUT2D eigenvalue weighted by Gasteiger charge is -2.12. The Balaban J connectivity index is 2.00. The number of hydrogen-bond donors (Lipinski definition) is 1. The third-order valence-corrected chi connectivity index (χ3v) is 5.84. The molecule has 0 fully saturated rings. The predicted molar refractivity (Wildman–Crippen MR) is 114 cm³/mol. The fourth-order valence-corrected chi connectivity index (χ4v) is 3.83. The SMILES string of the molecule is CCCNC(=O)CCCSc1nc(C)c(Cc2ccc(Br)cc2)c(=O)n1C. The van der Waals surface area contributed by atoms with E-state index in [0.29, 0.717) is 18.0 Å². The molecule has 0 radical (unpaired) electrons. The number of hydrogen-bond acceptors (Lipinski definition) is 4. The summed E-state index contributed by atoms with van der Waals surface area (Å²) in [5.74, 6) is 0.839. The van der Waals surface area contributed by atoms with Gasteiger partial charge in [0, 0.05) is 47.9 Å². The third kappa shape index (κ3) is 6.50. The second kappa shape index (κ2) is 10.7. The van der Waals surface area contributed by atoms with Gasteiger partial charge in [0.05, 0.1) is 0 Å². The molecular formula is C20H26BrN3O2S. The minimum atomic E-state index is -0.00592. The van der Waals surface area contributed by atoms with Gasteiger partial charge in [-0.1, -0.05) is 46.7 Å². The van der Waals surface area contributed by atoms with Crippen LogP contribution in [-0.2, 0) is 18.3 Å². The Bertz CT molecular complexity index is 834. The maximum Gasteiger partial charge on any atom is 0.257 e. The molecule has 1 N–H and O–H groups in total. The van der Waals surface area contributed by atoms with E-state index >= 15 is 0 Å². The summed E-state index contributed by atoms with van der Waals surface area (Å²) in [4.78, 5) is 29.0. The highest BCUT2D eigenvalue weighted by molar-refractivity contribution is 9.10. The van der Waals surface area contributed by atoms with Crippen molar-refractivity contribution in [1.29, 1.82) is 0 Å². The standard InChI is InChI=1S/C20H26BrN3O2S/c1-4-11-22-18(25)6-5-12-27-20-23-14(2)17(19(26)24(20)3)13-15-7-9-16(21)10-8-15/h7-10H,4-6,11-13H2,1-3H3,(H,22,25). The van der Waals surface area contributed by atoms with E-state index in [4.69, 9.17) is 0 Å². The molecule has 0 aliphatic heterocycles. The third-order valence-electron chi connectivity index (χ3n) is 4.20. The van der Waals surface area contributed by atoms with E-state index in [1.807, 2.05) is 38.1 Å². The van der Waals surface area contributed by atoms with Gasteiger partial charge in [-0.15, -0.1) is 0 Å². The van der Waals surface area contributed by atoms with Gasteiger partial charge in [-0.05, 0) is 37.5 Å². The second-order valence-electron chi connectivity index (χ2n) is 6.43. The van der Waals surface area contributed by atoms with Crippen LogP contribution >= 0.6 is 27.7 Å². The van der Waals surface area contributed by atoms with Crippen molar-refractivity contribution in [3.05, 3.63) is 55.9 Å². The Hall–Kier alpha value is -1.60. The fraction of sp³-hybridized carbons (Fsp3) is 0.450. The fourth-order valence-electron chi connectivity index (χ4n) is 2.62. The number of halogens is 1. The van der Waals surface area contributed by atoms with Crippen LogP contribution in [0.4, 0.5) is 0 Å². The molecule has 0 saturated heterocycles. The molecule has 0 unspecified atom stereocenters. The summed E-state index contributed by atoms with van der Waals surface area (Å²) in [6, 6.07) is 7.97. The predicted octanol–water partition coefficient (Wildman–Crippen LogP) is 3.84. The Kier molecular flexibility index (Phi) is 8.57. The Morgan fingerprint density at radius 1 is 1.30 bits per heavy atom. The van der Waals surface area contributed by atoms with E-state index in [0.717, 1.165) is 46.4 Å². The molecule has 2 rings (SSSR count). The quantitative estimate of drug-likeness (QED) is 0.357. The number of carbonyl (C=O) groups excluding carboxylic acids is 1. The summed E-state index contributed by atoms with van der Waals surface area (Å²) < 4.78 is 2.63. The number of benzene rings is 1. The first-order chi connectivity index (χ1) is 12.9. The van der Waals surface area contributed by atoms with Crippen molar-refractivity contribution in [2.75, 3.05) is 12.3 Å². The van der Waals surface area contributed by atoms with Gasteiger partial charge < -0.3 is 5.32 Å². The van der Waals surface area contributed by atoms with Crippen molar-refractivity contribution < 1.29 is 4.79 Å². The van der Waals surface area contributed by atoms with E-state index in [1.54, 1.807) is 11.6 Å². The molecule has 5 nitrogen and oxygen atoms in total. The first-order valence-corrected chi connectivity index (χ1v) is 10.9. The lowest BCUT2D eigenvalue weighted by Crippen LogP contribution is -2.26. The van der Waals surface area contributed by atoms with Crippen LogP contribution in [-0.4, -0.2) is 27.8 Å². The van der Waals surface area contributed by atoms with Crippen molar-refractivity contribution in [3.63, 3.8) is 0 Å². The van der Waals surface area contributed by atoms with E-state index in [1.165, 1.54) is 11.8 Å². The Morgan fingerprint density at radius 2 is 2.00 bits per heavy atom. The number of aromatic nitrogens is 2. The molecule has 27 heavy (non-hydrogen) atoms. The molecule has 1 aromatic heterocycles. The average molecular weight is 452 g/mol. The molecule has 0 spiro atoms. The topological polar surface area (TPSA) is 64.0 Å². The Morgan fingerprint density at radius 3 is 2.67 bits per heavy atom. The van der Waals surface area contributed by atoms with Crippen molar-refractivity contribution in [2.45, 2.75) is 44.7 Å². The van der Waals surface area contributed by atoms with Gasteiger partial charge in [0.1, 0.15) is 0 Å². The number of amides is 1. The number of thioether (sulfide) groups is 1. The summed E-state index contributed by atoms with van der Waals surface area (Å²) in [7, 11) is 1.76. The van der Waals surface area contributed by atoms with Gasteiger partial charge in [-0.3, -0.25) is 14.2 Å². The molecule has 0 bridgehead atoms. The van der Waals surface area contributed by atoms with Crippen LogP contribution in [0.5, 0.6) is 0 Å². The molecule has 0 atom stereocenters. The van der Waals surface area contributed by atoms with Gasteiger partial charge in [0.25, 0.3) is 5.56 Å². The monoisotopic (exact) mass is 451 g/mol. The molecule has 0 aliphatic carbocycles. The summed E-state index contributed by atoms with van der Waals surface area (Å²) in [6.07, 6.45) is 2.77. The van der Waals surface area contributed by atoms with Crippen LogP contribution in [0.3, 0.4) is 0 Å². The Labute approximate surface area is 173 Å². The first kappa shape index (κ1) is 21.7. The number of rotatable bonds is 9. The molecule has 146 valence electrons. The highest BCUT2D eigenvalue weighted by Gasteiger charge is 2.13. The van der Waals surface area contributed by atoms with Gasteiger partial charge in [0.2, 0.25) is 5.91 Å². The largest absolute Gasteiger partial charge is 0.356 e. The first-order valence-electron chi connectivity index (χ1n) is 9.12. The smallest absolute Gasteiger partial charge is 0.257 e. The summed E-state index contributed by atoms with van der Waals surface area (Å²) in [5, 5.41) is 3.57. The lowest BCUT2D eigenvalue weighted by molar-refractivity contribution is -0.121. The van der Waals surface area contributed by atoms with Gasteiger partial charge in [-0.2, -0.15) is 0 Å². The average Bonchev–Trinajstić information content (AvgIpc) is 2.66. The van der Waals surface area contributed by atoms with Crippen LogP contribution in [0.2, 0.25) is 0 Å². The highest BCUT2D eigenvalue weighted by Crippen LogP contribution is 2.18. The van der Waals surface area contributed by atoms with Crippen molar-refractivity contribution in [3.8, 4) is 0 Å². The minimum absolute atomic E-state index is 0.00592. The zero-order chi connectivity index (χ0) is 19.8. The minimum Gasteiger partial charge on any atom is -0.356 e. The van der Waals surface area contributed by atoms with Crippen LogP contribution in [0.1, 0.15) is 43.0 Å². The van der Waals surface area contributed by atoms with Crippen molar-refractivity contribution >= 4 is 33.6 Å². The maximum atomic E-state index is 12.8. The van der Waals surface area contributed by atoms with Crippen molar-refractivity contribution in [1.82, 2.24) is 14.9 Å². The number of aryl methyl sites for hydroxylation is 1. The molecule has 0 saturated carbocycles. The van der Waals surface area contributed by atoms with E-state index < -0.39 is 0 Å². The van der Waals surface area contributed by atoms with Gasteiger partial charge >= 0.3 is 0 Å².